The maximum absolute atomic E-state index is 10.3. The molecular weight excluding hydrogens is 320 g/mol. The van der Waals surface area contributed by atoms with Gasteiger partial charge < -0.3 is 15.3 Å². The van der Waals surface area contributed by atoms with Crippen molar-refractivity contribution in [3.05, 3.63) is 69.6 Å². The van der Waals surface area contributed by atoms with Crippen LogP contribution in [0.4, 0.5) is 0 Å². The Balaban J connectivity index is 2.07. The first-order valence-electron chi connectivity index (χ1n) is 8.10. The maximum atomic E-state index is 10.3. The lowest BCUT2D eigenvalue weighted by atomic mass is 9.97. The molecule has 0 spiro atoms. The molecule has 2 rings (SSSR count). The number of aliphatic hydroxyl groups is 2. The molecule has 0 amide bonds. The zero-order valence-electron chi connectivity index (χ0n) is 14.0. The number of aromatic hydroxyl groups is 1. The van der Waals surface area contributed by atoms with Crippen molar-refractivity contribution in [3.63, 3.8) is 0 Å². The Morgan fingerprint density at radius 1 is 1.12 bits per heavy atom. The molecule has 128 valence electrons. The fraction of sp³-hybridized carbons (Fsp3) is 0.350. The van der Waals surface area contributed by atoms with E-state index in [1.165, 1.54) is 0 Å². The Kier molecular flexibility index (Phi) is 6.83. The van der Waals surface area contributed by atoms with Crippen molar-refractivity contribution in [1.82, 2.24) is 0 Å². The highest BCUT2D eigenvalue weighted by molar-refractivity contribution is 7.10. The van der Waals surface area contributed by atoms with Crippen LogP contribution in [0.25, 0.3) is 0 Å². The van der Waals surface area contributed by atoms with Crippen LogP contribution in [0.1, 0.15) is 49.3 Å². The molecule has 0 saturated carbocycles. The molecule has 0 saturated heterocycles. The zero-order chi connectivity index (χ0) is 17.5. The van der Waals surface area contributed by atoms with Gasteiger partial charge in [0.15, 0.2) is 0 Å². The first-order chi connectivity index (χ1) is 11.5. The third-order valence-corrected chi connectivity index (χ3v) is 4.88. The summed E-state index contributed by atoms with van der Waals surface area (Å²) in [4.78, 5) is 0.948. The Bertz CT molecular complexity index is 697. The van der Waals surface area contributed by atoms with Crippen LogP contribution in [0.15, 0.2) is 59.2 Å². The number of thiophene rings is 1. The molecule has 0 aliphatic heterocycles. The van der Waals surface area contributed by atoms with E-state index in [-0.39, 0.29) is 11.7 Å². The van der Waals surface area contributed by atoms with Gasteiger partial charge in [0.25, 0.3) is 0 Å². The second kappa shape index (κ2) is 8.86. The van der Waals surface area contributed by atoms with Gasteiger partial charge in [-0.3, -0.25) is 0 Å². The van der Waals surface area contributed by atoms with Crippen molar-refractivity contribution < 1.29 is 15.3 Å². The number of aliphatic hydroxyl groups excluding tert-OH is 2. The molecule has 4 heteroatoms. The maximum Gasteiger partial charge on any atom is 0.121 e. The summed E-state index contributed by atoms with van der Waals surface area (Å²) in [5.41, 5.74) is 4.76. The minimum atomic E-state index is -0.769. The molecular formula is C20H24O3S. The fourth-order valence-corrected chi connectivity index (χ4v) is 3.16. The molecule has 0 aliphatic rings. The molecule has 1 aromatic carbocycles. The standard InChI is InChI=1S/C20H24O3S/c1-14(2)15(13-19(23)20-11-6-12-24-20)7-5-10-18(22)16-8-3-4-9-17(16)21/h3-6,8-9,11-12,14,18-19,21-23H,10,13H2,1-2H3/t7?,18-,19-/m1/s1. The van der Waals surface area contributed by atoms with Crippen LogP contribution in [0.2, 0.25) is 0 Å². The zero-order valence-corrected chi connectivity index (χ0v) is 14.8. The smallest absolute Gasteiger partial charge is 0.121 e. The average Bonchev–Trinajstić information content (AvgIpc) is 3.08. The summed E-state index contributed by atoms with van der Waals surface area (Å²) in [5, 5.41) is 32.2. The van der Waals surface area contributed by atoms with E-state index >= 15 is 0 Å². The van der Waals surface area contributed by atoms with E-state index < -0.39 is 12.2 Å². The molecule has 24 heavy (non-hydrogen) atoms. The topological polar surface area (TPSA) is 60.7 Å². The van der Waals surface area contributed by atoms with Gasteiger partial charge in [0, 0.05) is 23.3 Å². The molecule has 1 heterocycles. The van der Waals surface area contributed by atoms with Crippen molar-refractivity contribution >= 4 is 11.3 Å². The van der Waals surface area contributed by atoms with Crippen molar-refractivity contribution in [1.29, 1.82) is 0 Å². The van der Waals surface area contributed by atoms with Gasteiger partial charge in [-0.15, -0.1) is 17.1 Å². The number of para-hydroxylation sites is 1. The van der Waals surface area contributed by atoms with Crippen LogP contribution in [0, 0.1) is 5.92 Å². The molecule has 0 fully saturated rings. The van der Waals surface area contributed by atoms with Gasteiger partial charge in [0.05, 0.1) is 12.2 Å². The number of hydrogen-bond donors (Lipinski definition) is 3. The summed E-state index contributed by atoms with van der Waals surface area (Å²) < 4.78 is 0. The predicted molar refractivity (Wildman–Crippen MR) is 98.0 cm³/mol. The number of rotatable bonds is 7. The highest BCUT2D eigenvalue weighted by atomic mass is 32.1. The monoisotopic (exact) mass is 344 g/mol. The van der Waals surface area contributed by atoms with E-state index in [0.717, 1.165) is 10.5 Å². The van der Waals surface area contributed by atoms with E-state index in [4.69, 9.17) is 0 Å². The molecule has 2 atom stereocenters. The minimum absolute atomic E-state index is 0.0968. The van der Waals surface area contributed by atoms with Gasteiger partial charge in [0.1, 0.15) is 5.75 Å². The van der Waals surface area contributed by atoms with Gasteiger partial charge in [-0.1, -0.05) is 38.1 Å². The van der Waals surface area contributed by atoms with E-state index in [1.807, 2.05) is 17.5 Å². The lowest BCUT2D eigenvalue weighted by Crippen LogP contribution is -2.01. The Hall–Kier alpha value is -1.84. The lowest BCUT2D eigenvalue weighted by Gasteiger charge is -2.13. The Labute approximate surface area is 147 Å². The quantitative estimate of drug-likeness (QED) is 0.636. The molecule has 0 radical (unpaired) electrons. The predicted octanol–water partition coefficient (Wildman–Crippen LogP) is 4.74. The van der Waals surface area contributed by atoms with Gasteiger partial charge in [-0.05, 0) is 35.1 Å². The van der Waals surface area contributed by atoms with Crippen molar-refractivity contribution in [3.8, 4) is 5.75 Å². The second-order valence-electron chi connectivity index (χ2n) is 6.07. The molecule has 1 aromatic heterocycles. The van der Waals surface area contributed by atoms with E-state index in [1.54, 1.807) is 41.7 Å². The lowest BCUT2D eigenvalue weighted by molar-refractivity contribution is 0.177. The first-order valence-corrected chi connectivity index (χ1v) is 8.98. The summed E-state index contributed by atoms with van der Waals surface area (Å²) in [5.74, 6) is 0.359. The first kappa shape index (κ1) is 18.5. The third kappa shape index (κ3) is 5.08. The van der Waals surface area contributed by atoms with Gasteiger partial charge in [0.2, 0.25) is 0 Å². The van der Waals surface area contributed by atoms with E-state index in [9.17, 15) is 15.3 Å². The Morgan fingerprint density at radius 2 is 1.88 bits per heavy atom. The average molecular weight is 344 g/mol. The van der Waals surface area contributed by atoms with Crippen molar-refractivity contribution in [2.24, 2.45) is 5.92 Å². The number of phenols is 1. The molecule has 3 nitrogen and oxygen atoms in total. The SMILES string of the molecule is CC(C)C(=C=CC[C@@H](O)c1ccccc1O)C[C@@H](O)c1cccs1. The molecule has 0 bridgehead atoms. The molecule has 0 aliphatic carbocycles. The Morgan fingerprint density at radius 3 is 2.50 bits per heavy atom. The molecule has 2 aromatic rings. The van der Waals surface area contributed by atoms with Crippen LogP contribution < -0.4 is 0 Å². The van der Waals surface area contributed by atoms with Crippen molar-refractivity contribution in [2.75, 3.05) is 0 Å². The van der Waals surface area contributed by atoms with Crippen molar-refractivity contribution in [2.45, 2.75) is 38.9 Å². The van der Waals surface area contributed by atoms with Crippen LogP contribution in [-0.2, 0) is 0 Å². The second-order valence-corrected chi connectivity index (χ2v) is 7.05. The molecule has 0 unspecified atom stereocenters. The minimum Gasteiger partial charge on any atom is -0.508 e. The van der Waals surface area contributed by atoms with Crippen LogP contribution in [0.3, 0.4) is 0 Å². The fourth-order valence-electron chi connectivity index (χ4n) is 2.45. The number of phenolic OH excluding ortho intramolecular Hbond substituents is 1. The number of benzene rings is 1. The summed E-state index contributed by atoms with van der Waals surface area (Å²) in [6, 6.07) is 10.6. The van der Waals surface area contributed by atoms with Crippen LogP contribution in [-0.4, -0.2) is 15.3 Å². The highest BCUT2D eigenvalue weighted by Gasteiger charge is 2.14. The summed E-state index contributed by atoms with van der Waals surface area (Å²) >= 11 is 1.54. The van der Waals surface area contributed by atoms with Crippen LogP contribution >= 0.6 is 11.3 Å². The van der Waals surface area contributed by atoms with Gasteiger partial charge >= 0.3 is 0 Å². The highest BCUT2D eigenvalue weighted by Crippen LogP contribution is 2.28. The summed E-state index contributed by atoms with van der Waals surface area (Å²) in [6.45, 7) is 4.13. The molecule has 3 N–H and O–H groups in total. The van der Waals surface area contributed by atoms with Gasteiger partial charge in [-0.2, -0.15) is 0 Å². The summed E-state index contributed by atoms with van der Waals surface area (Å²) in [6.07, 6.45) is 1.39. The van der Waals surface area contributed by atoms with Gasteiger partial charge in [-0.25, -0.2) is 0 Å². The van der Waals surface area contributed by atoms with E-state index in [2.05, 4.69) is 19.6 Å². The largest absolute Gasteiger partial charge is 0.508 e. The van der Waals surface area contributed by atoms with E-state index in [0.29, 0.717) is 18.4 Å². The number of hydrogen-bond acceptors (Lipinski definition) is 4. The third-order valence-electron chi connectivity index (χ3n) is 3.91. The summed E-state index contributed by atoms with van der Waals surface area (Å²) in [7, 11) is 0. The normalized spacial score (nSPS) is 13.4. The van der Waals surface area contributed by atoms with Crippen LogP contribution in [0.5, 0.6) is 5.75 Å².